The minimum Gasteiger partial charge on any atom is -0.384 e. The molecule has 3 aromatic rings. The van der Waals surface area contributed by atoms with Gasteiger partial charge in [0.2, 0.25) is 0 Å². The van der Waals surface area contributed by atoms with Gasteiger partial charge in [-0.25, -0.2) is 0 Å². The van der Waals surface area contributed by atoms with Crippen LogP contribution in [0.2, 0.25) is 0 Å². The number of benzene rings is 1. The van der Waals surface area contributed by atoms with Gasteiger partial charge >= 0.3 is 0 Å². The van der Waals surface area contributed by atoms with E-state index in [1.165, 1.54) is 0 Å². The smallest absolute Gasteiger partial charge is 0.121 e. The standard InChI is InChI=1S/C12H11BrN4/c1-17-11(14)5-10(16-17)7-6-15-9-4-2-3-8(13)12(7)9/h2-6,15H,14H2,1H3. The molecule has 2 heterocycles. The lowest BCUT2D eigenvalue weighted by Crippen LogP contribution is -1.96. The number of nitrogens with zero attached hydrogens (tertiary/aromatic N) is 2. The number of nitrogens with one attached hydrogen (secondary N) is 1. The zero-order chi connectivity index (χ0) is 12.0. The van der Waals surface area contributed by atoms with Crippen molar-refractivity contribution in [2.24, 2.45) is 7.05 Å². The molecule has 0 radical (unpaired) electrons. The first-order chi connectivity index (χ1) is 8.16. The van der Waals surface area contributed by atoms with Crippen LogP contribution in [0.4, 0.5) is 5.82 Å². The highest BCUT2D eigenvalue weighted by molar-refractivity contribution is 9.10. The van der Waals surface area contributed by atoms with Crippen LogP contribution in [-0.4, -0.2) is 14.8 Å². The normalized spacial score (nSPS) is 11.2. The van der Waals surface area contributed by atoms with Crippen molar-refractivity contribution in [3.8, 4) is 11.3 Å². The van der Waals surface area contributed by atoms with Gasteiger partial charge in [-0.15, -0.1) is 0 Å². The molecule has 3 N–H and O–H groups in total. The molecule has 0 aliphatic heterocycles. The number of hydrogen-bond acceptors (Lipinski definition) is 2. The molecule has 0 bridgehead atoms. The molecule has 3 rings (SSSR count). The van der Waals surface area contributed by atoms with Crippen molar-refractivity contribution in [3.05, 3.63) is 34.9 Å². The van der Waals surface area contributed by atoms with Gasteiger partial charge in [-0.1, -0.05) is 22.0 Å². The Balaban J connectivity index is 2.31. The summed E-state index contributed by atoms with van der Waals surface area (Å²) in [6, 6.07) is 7.93. The fourth-order valence-electron chi connectivity index (χ4n) is 1.96. The third-order valence-electron chi connectivity index (χ3n) is 2.85. The highest BCUT2D eigenvalue weighted by Crippen LogP contribution is 2.33. The Morgan fingerprint density at radius 1 is 1.41 bits per heavy atom. The number of halogens is 1. The summed E-state index contributed by atoms with van der Waals surface area (Å²) in [7, 11) is 1.84. The van der Waals surface area contributed by atoms with E-state index in [2.05, 4.69) is 26.0 Å². The number of aromatic amines is 1. The number of hydrogen-bond donors (Lipinski definition) is 2. The van der Waals surface area contributed by atoms with Crippen molar-refractivity contribution in [2.45, 2.75) is 0 Å². The quantitative estimate of drug-likeness (QED) is 0.724. The predicted octanol–water partition coefficient (Wildman–Crippen LogP) is 2.91. The number of aromatic nitrogens is 3. The summed E-state index contributed by atoms with van der Waals surface area (Å²) in [4.78, 5) is 3.24. The van der Waals surface area contributed by atoms with Crippen molar-refractivity contribution in [3.63, 3.8) is 0 Å². The maximum absolute atomic E-state index is 5.81. The third-order valence-corrected chi connectivity index (χ3v) is 3.51. The van der Waals surface area contributed by atoms with Gasteiger partial charge in [0.05, 0.1) is 5.69 Å². The second-order valence-electron chi connectivity index (χ2n) is 3.94. The van der Waals surface area contributed by atoms with E-state index in [0.29, 0.717) is 5.82 Å². The molecule has 86 valence electrons. The molecule has 5 heteroatoms. The molecule has 0 fully saturated rings. The fraction of sp³-hybridized carbons (Fsp3) is 0.0833. The monoisotopic (exact) mass is 290 g/mol. The molecule has 0 amide bonds. The van der Waals surface area contributed by atoms with E-state index in [-0.39, 0.29) is 0 Å². The number of nitrogens with two attached hydrogens (primary N) is 1. The van der Waals surface area contributed by atoms with Crippen LogP contribution in [0.1, 0.15) is 0 Å². The van der Waals surface area contributed by atoms with E-state index in [1.807, 2.05) is 37.5 Å². The Kier molecular flexibility index (Phi) is 2.22. The van der Waals surface area contributed by atoms with Crippen LogP contribution in [0.5, 0.6) is 0 Å². The molecule has 1 aromatic carbocycles. The summed E-state index contributed by atoms with van der Waals surface area (Å²) >= 11 is 3.56. The minimum atomic E-state index is 0.654. The van der Waals surface area contributed by atoms with E-state index >= 15 is 0 Å². The van der Waals surface area contributed by atoms with Crippen LogP contribution in [-0.2, 0) is 7.05 Å². The Hall–Kier alpha value is -1.75. The van der Waals surface area contributed by atoms with E-state index in [4.69, 9.17) is 5.73 Å². The van der Waals surface area contributed by atoms with Crippen LogP contribution >= 0.6 is 15.9 Å². The van der Waals surface area contributed by atoms with Crippen LogP contribution in [0.25, 0.3) is 22.2 Å². The third kappa shape index (κ3) is 1.54. The molecule has 0 saturated carbocycles. The molecule has 0 spiro atoms. The highest BCUT2D eigenvalue weighted by atomic mass is 79.9. The summed E-state index contributed by atoms with van der Waals surface area (Å²) in [5.74, 6) is 0.654. The SMILES string of the molecule is Cn1nc(-c2c[nH]c3cccc(Br)c23)cc1N. The largest absolute Gasteiger partial charge is 0.384 e. The summed E-state index contributed by atoms with van der Waals surface area (Å²) in [5.41, 5.74) is 8.82. The second kappa shape index (κ2) is 3.63. The van der Waals surface area contributed by atoms with Crippen LogP contribution in [0.3, 0.4) is 0 Å². The van der Waals surface area contributed by atoms with E-state index in [9.17, 15) is 0 Å². The van der Waals surface area contributed by atoms with Crippen molar-refractivity contribution in [1.29, 1.82) is 0 Å². The molecule has 0 aliphatic carbocycles. The molecular formula is C12H11BrN4. The summed E-state index contributed by atoms with van der Waals surface area (Å²) < 4.78 is 2.72. The molecule has 0 atom stereocenters. The average Bonchev–Trinajstić information content (AvgIpc) is 2.85. The summed E-state index contributed by atoms with van der Waals surface area (Å²) in [6.45, 7) is 0. The maximum atomic E-state index is 5.81. The van der Waals surface area contributed by atoms with Crippen molar-refractivity contribution in [2.75, 3.05) is 5.73 Å². The minimum absolute atomic E-state index is 0.654. The topological polar surface area (TPSA) is 59.6 Å². The van der Waals surface area contributed by atoms with Gasteiger partial charge < -0.3 is 10.7 Å². The van der Waals surface area contributed by atoms with Gasteiger partial charge in [0.25, 0.3) is 0 Å². The molecule has 4 nitrogen and oxygen atoms in total. The lowest BCUT2D eigenvalue weighted by molar-refractivity contribution is 0.782. The van der Waals surface area contributed by atoms with Gasteiger partial charge in [0, 0.05) is 40.2 Å². The number of anilines is 1. The van der Waals surface area contributed by atoms with E-state index in [1.54, 1.807) is 4.68 Å². The number of fused-ring (bicyclic) bond motifs is 1. The van der Waals surface area contributed by atoms with Gasteiger partial charge in [0.1, 0.15) is 5.82 Å². The van der Waals surface area contributed by atoms with Crippen LogP contribution in [0, 0.1) is 0 Å². The first-order valence-corrected chi connectivity index (χ1v) is 6.01. The number of H-pyrrole nitrogens is 1. The highest BCUT2D eigenvalue weighted by Gasteiger charge is 2.12. The fourth-order valence-corrected chi connectivity index (χ4v) is 2.54. The molecule has 0 aliphatic rings. The van der Waals surface area contributed by atoms with Gasteiger partial charge in [0.15, 0.2) is 0 Å². The maximum Gasteiger partial charge on any atom is 0.121 e. The zero-order valence-electron chi connectivity index (χ0n) is 9.24. The lowest BCUT2D eigenvalue weighted by Gasteiger charge is -1.97. The Bertz CT molecular complexity index is 676. The van der Waals surface area contributed by atoms with Gasteiger partial charge in [-0.3, -0.25) is 4.68 Å². The van der Waals surface area contributed by atoms with Crippen molar-refractivity contribution < 1.29 is 0 Å². The zero-order valence-corrected chi connectivity index (χ0v) is 10.8. The van der Waals surface area contributed by atoms with Crippen molar-refractivity contribution >= 4 is 32.7 Å². The molecule has 0 saturated heterocycles. The van der Waals surface area contributed by atoms with E-state index in [0.717, 1.165) is 26.6 Å². The Labute approximate surface area is 107 Å². The van der Waals surface area contributed by atoms with Gasteiger partial charge in [-0.05, 0) is 12.1 Å². The predicted molar refractivity (Wildman–Crippen MR) is 72.6 cm³/mol. The average molecular weight is 291 g/mol. The lowest BCUT2D eigenvalue weighted by atomic mass is 10.1. The number of aryl methyl sites for hydroxylation is 1. The van der Waals surface area contributed by atoms with E-state index < -0.39 is 0 Å². The molecule has 0 unspecified atom stereocenters. The van der Waals surface area contributed by atoms with Crippen molar-refractivity contribution in [1.82, 2.24) is 14.8 Å². The number of rotatable bonds is 1. The van der Waals surface area contributed by atoms with Crippen LogP contribution in [0.15, 0.2) is 34.9 Å². The first-order valence-electron chi connectivity index (χ1n) is 5.22. The summed E-state index contributed by atoms with van der Waals surface area (Å²) in [5, 5.41) is 5.52. The van der Waals surface area contributed by atoms with Crippen LogP contribution < -0.4 is 5.73 Å². The first kappa shape index (κ1) is 10.4. The summed E-state index contributed by atoms with van der Waals surface area (Å²) in [6.07, 6.45) is 1.96. The van der Waals surface area contributed by atoms with Gasteiger partial charge in [-0.2, -0.15) is 5.10 Å². The molecule has 17 heavy (non-hydrogen) atoms. The Morgan fingerprint density at radius 2 is 2.24 bits per heavy atom. The number of nitrogen functional groups attached to an aromatic ring is 1. The second-order valence-corrected chi connectivity index (χ2v) is 4.80. The molecular weight excluding hydrogens is 280 g/mol. The Morgan fingerprint density at radius 3 is 2.94 bits per heavy atom. The molecule has 2 aromatic heterocycles.